The molecule has 1 aliphatic carbocycles. The lowest BCUT2D eigenvalue weighted by Gasteiger charge is -2.32. The van der Waals surface area contributed by atoms with E-state index in [9.17, 15) is 4.79 Å². The summed E-state index contributed by atoms with van der Waals surface area (Å²) in [5, 5.41) is 4.30. The number of hydrogen-bond donors (Lipinski definition) is 1. The van der Waals surface area contributed by atoms with E-state index in [1.54, 1.807) is 11.3 Å². The summed E-state index contributed by atoms with van der Waals surface area (Å²) in [6.45, 7) is 4.15. The van der Waals surface area contributed by atoms with Crippen molar-refractivity contribution >= 4 is 32.6 Å². The Hall–Kier alpha value is -1.62. The fraction of sp³-hybridized carbons (Fsp3) is 0.579. The number of rotatable bonds is 4. The van der Waals surface area contributed by atoms with Crippen LogP contribution in [0.3, 0.4) is 0 Å². The lowest BCUT2D eigenvalue weighted by molar-refractivity contribution is -0.123. The van der Waals surface area contributed by atoms with E-state index >= 15 is 0 Å². The van der Waals surface area contributed by atoms with E-state index in [0.717, 1.165) is 36.6 Å². The van der Waals surface area contributed by atoms with E-state index < -0.39 is 0 Å². The Morgan fingerprint density at radius 1 is 1.29 bits per heavy atom. The highest BCUT2D eigenvalue weighted by Crippen LogP contribution is 2.32. The fourth-order valence-corrected chi connectivity index (χ4v) is 4.70. The first-order chi connectivity index (χ1) is 11.7. The fourth-order valence-electron chi connectivity index (χ4n) is 3.58. The third kappa shape index (κ3) is 3.41. The van der Waals surface area contributed by atoms with Crippen LogP contribution in [0.2, 0.25) is 0 Å². The molecule has 2 aliphatic rings. The first kappa shape index (κ1) is 15.9. The van der Waals surface area contributed by atoms with Crippen LogP contribution in [0.5, 0.6) is 0 Å². The smallest absolute Gasteiger partial charge is 0.220 e. The van der Waals surface area contributed by atoms with Crippen LogP contribution in [-0.4, -0.2) is 30.0 Å². The molecule has 0 atom stereocenters. The predicted molar refractivity (Wildman–Crippen MR) is 99.7 cm³/mol. The number of nitrogens with one attached hydrogen (secondary N) is 1. The van der Waals surface area contributed by atoms with Crippen molar-refractivity contribution in [2.45, 2.75) is 51.5 Å². The van der Waals surface area contributed by atoms with Gasteiger partial charge in [-0.2, -0.15) is 0 Å². The van der Waals surface area contributed by atoms with E-state index in [1.165, 1.54) is 29.5 Å². The average Bonchev–Trinajstić information content (AvgIpc) is 2.95. The molecule has 1 aliphatic heterocycles. The maximum absolute atomic E-state index is 12.1. The highest BCUT2D eigenvalue weighted by Gasteiger charge is 2.25. The lowest BCUT2D eigenvalue weighted by Crippen LogP contribution is -2.41. The van der Waals surface area contributed by atoms with Crippen molar-refractivity contribution < 1.29 is 4.79 Å². The quantitative estimate of drug-likeness (QED) is 0.916. The molecule has 2 heterocycles. The number of hydrogen-bond acceptors (Lipinski definition) is 4. The van der Waals surface area contributed by atoms with E-state index in [4.69, 9.17) is 4.98 Å². The highest BCUT2D eigenvalue weighted by atomic mass is 32.1. The van der Waals surface area contributed by atoms with Gasteiger partial charge in [-0.05, 0) is 62.6 Å². The first-order valence-electron chi connectivity index (χ1n) is 9.09. The van der Waals surface area contributed by atoms with Gasteiger partial charge in [0.1, 0.15) is 0 Å². The average molecular weight is 343 g/mol. The molecule has 128 valence electrons. The number of amides is 1. The molecule has 1 saturated carbocycles. The lowest BCUT2D eigenvalue weighted by atomic mass is 9.91. The van der Waals surface area contributed by atoms with Gasteiger partial charge in [-0.3, -0.25) is 4.79 Å². The predicted octanol–water partition coefficient (Wildman–Crippen LogP) is 3.88. The van der Waals surface area contributed by atoms with Crippen LogP contribution in [-0.2, 0) is 4.79 Å². The second-order valence-corrected chi connectivity index (χ2v) is 8.31. The molecule has 2 fully saturated rings. The summed E-state index contributed by atoms with van der Waals surface area (Å²) in [5.41, 5.74) is 2.39. The summed E-state index contributed by atoms with van der Waals surface area (Å²) in [6, 6.07) is 6.92. The van der Waals surface area contributed by atoms with Gasteiger partial charge in [0.15, 0.2) is 5.13 Å². The highest BCUT2D eigenvalue weighted by molar-refractivity contribution is 7.22. The van der Waals surface area contributed by atoms with Gasteiger partial charge in [-0.1, -0.05) is 17.4 Å². The maximum atomic E-state index is 12.1. The summed E-state index contributed by atoms with van der Waals surface area (Å²) in [5.74, 6) is 0.784. The van der Waals surface area contributed by atoms with Gasteiger partial charge in [-0.25, -0.2) is 4.98 Å². The molecule has 1 aromatic heterocycles. The standard InChI is InChI=1S/C19H25N3OS/c1-13-5-6-16-17(11-13)24-19(21-16)22-9-7-14(8-10-22)12-18(23)20-15-3-2-4-15/h5-6,11,14-15H,2-4,7-10,12H2,1H3,(H,20,23). The van der Waals surface area contributed by atoms with Gasteiger partial charge in [0.25, 0.3) is 0 Å². The molecule has 0 radical (unpaired) electrons. The van der Waals surface area contributed by atoms with Crippen molar-refractivity contribution in [3.8, 4) is 0 Å². The zero-order valence-electron chi connectivity index (χ0n) is 14.3. The zero-order valence-corrected chi connectivity index (χ0v) is 15.1. The molecule has 5 heteroatoms. The summed E-state index contributed by atoms with van der Waals surface area (Å²) in [7, 11) is 0. The van der Waals surface area contributed by atoms with Crippen molar-refractivity contribution in [1.82, 2.24) is 10.3 Å². The van der Waals surface area contributed by atoms with Crippen molar-refractivity contribution in [3.05, 3.63) is 23.8 Å². The maximum Gasteiger partial charge on any atom is 0.220 e. The SMILES string of the molecule is Cc1ccc2nc(N3CCC(CC(=O)NC4CCC4)CC3)sc2c1. The number of carbonyl (C=O) groups excluding carboxylic acids is 1. The number of fused-ring (bicyclic) bond motifs is 1. The Morgan fingerprint density at radius 2 is 2.08 bits per heavy atom. The molecule has 1 saturated heterocycles. The summed E-state index contributed by atoms with van der Waals surface area (Å²) < 4.78 is 1.27. The second kappa shape index (κ2) is 6.71. The second-order valence-electron chi connectivity index (χ2n) is 7.30. The molecular formula is C19H25N3OS. The number of benzene rings is 1. The monoisotopic (exact) mass is 343 g/mol. The molecular weight excluding hydrogens is 318 g/mol. The minimum atomic E-state index is 0.258. The van der Waals surface area contributed by atoms with Gasteiger partial charge in [-0.15, -0.1) is 0 Å². The van der Waals surface area contributed by atoms with Gasteiger partial charge in [0.2, 0.25) is 5.91 Å². The number of aromatic nitrogens is 1. The van der Waals surface area contributed by atoms with Gasteiger partial charge >= 0.3 is 0 Å². The van der Waals surface area contributed by atoms with Crippen LogP contribution >= 0.6 is 11.3 Å². The molecule has 1 aromatic carbocycles. The van der Waals surface area contributed by atoms with Crippen LogP contribution < -0.4 is 10.2 Å². The first-order valence-corrected chi connectivity index (χ1v) is 9.90. The summed E-state index contributed by atoms with van der Waals surface area (Å²) >= 11 is 1.79. The summed E-state index contributed by atoms with van der Waals surface area (Å²) in [6.07, 6.45) is 6.48. The Bertz CT molecular complexity index is 729. The van der Waals surface area contributed by atoms with E-state index in [-0.39, 0.29) is 5.91 Å². The number of anilines is 1. The Labute approximate surface area is 147 Å². The van der Waals surface area contributed by atoms with Crippen molar-refractivity contribution in [1.29, 1.82) is 0 Å². The van der Waals surface area contributed by atoms with Crippen molar-refractivity contribution in [2.24, 2.45) is 5.92 Å². The molecule has 0 unspecified atom stereocenters. The number of thiazole rings is 1. The van der Waals surface area contributed by atoms with E-state index in [0.29, 0.717) is 18.4 Å². The largest absolute Gasteiger partial charge is 0.353 e. The van der Waals surface area contributed by atoms with Crippen LogP contribution in [0, 0.1) is 12.8 Å². The van der Waals surface area contributed by atoms with Crippen molar-refractivity contribution in [2.75, 3.05) is 18.0 Å². The Kier molecular flexibility index (Phi) is 4.44. The molecule has 0 bridgehead atoms. The Morgan fingerprint density at radius 3 is 2.79 bits per heavy atom. The zero-order chi connectivity index (χ0) is 16.5. The minimum Gasteiger partial charge on any atom is -0.353 e. The van der Waals surface area contributed by atoms with E-state index in [2.05, 4.69) is 35.3 Å². The molecule has 1 amide bonds. The summed E-state index contributed by atoms with van der Waals surface area (Å²) in [4.78, 5) is 19.3. The number of carbonyl (C=O) groups is 1. The number of piperidine rings is 1. The Balaban J connectivity index is 1.32. The van der Waals surface area contributed by atoms with Crippen LogP contribution in [0.4, 0.5) is 5.13 Å². The normalized spacial score (nSPS) is 19.5. The van der Waals surface area contributed by atoms with Crippen LogP contribution in [0.15, 0.2) is 18.2 Å². The van der Waals surface area contributed by atoms with E-state index in [1.807, 2.05) is 0 Å². The molecule has 4 nitrogen and oxygen atoms in total. The topological polar surface area (TPSA) is 45.2 Å². The minimum absolute atomic E-state index is 0.258. The molecule has 4 rings (SSSR count). The molecule has 2 aromatic rings. The van der Waals surface area contributed by atoms with Gasteiger partial charge in [0.05, 0.1) is 10.2 Å². The number of nitrogens with zero attached hydrogens (tertiary/aromatic N) is 2. The molecule has 0 spiro atoms. The third-order valence-electron chi connectivity index (χ3n) is 5.36. The van der Waals surface area contributed by atoms with Crippen LogP contribution in [0.25, 0.3) is 10.2 Å². The van der Waals surface area contributed by atoms with Crippen molar-refractivity contribution in [3.63, 3.8) is 0 Å². The third-order valence-corrected chi connectivity index (χ3v) is 6.44. The molecule has 24 heavy (non-hydrogen) atoms. The van der Waals surface area contributed by atoms with Crippen LogP contribution in [0.1, 0.15) is 44.1 Å². The number of aryl methyl sites for hydroxylation is 1. The van der Waals surface area contributed by atoms with Gasteiger partial charge in [0, 0.05) is 25.6 Å². The van der Waals surface area contributed by atoms with Gasteiger partial charge < -0.3 is 10.2 Å². The molecule has 1 N–H and O–H groups in total.